The van der Waals surface area contributed by atoms with Gasteiger partial charge in [-0.05, 0) is 42.0 Å². The van der Waals surface area contributed by atoms with E-state index in [2.05, 4.69) is 27.4 Å². The molecular weight excluding hydrogens is 320 g/mol. The smallest absolute Gasteiger partial charge is 0.227 e. The summed E-state index contributed by atoms with van der Waals surface area (Å²) in [4.78, 5) is 22.7. The molecule has 1 amide bonds. The summed E-state index contributed by atoms with van der Waals surface area (Å²) in [7, 11) is 0. The molecular formula is C18H18N4OS. The van der Waals surface area contributed by atoms with Gasteiger partial charge in [0.2, 0.25) is 5.91 Å². The van der Waals surface area contributed by atoms with Gasteiger partial charge in [-0.1, -0.05) is 0 Å². The largest absolute Gasteiger partial charge is 0.356 e. The summed E-state index contributed by atoms with van der Waals surface area (Å²) in [5.41, 5.74) is 1.91. The van der Waals surface area contributed by atoms with Crippen LogP contribution in [0.25, 0.3) is 0 Å². The fourth-order valence-corrected chi connectivity index (χ4v) is 4.42. The summed E-state index contributed by atoms with van der Waals surface area (Å²) >= 11 is 1.79. The molecule has 4 heterocycles. The molecule has 4 rings (SSSR count). The molecule has 0 aliphatic carbocycles. The Kier molecular flexibility index (Phi) is 3.95. The second-order valence-corrected chi connectivity index (χ2v) is 7.33. The van der Waals surface area contributed by atoms with Crippen LogP contribution in [0.5, 0.6) is 0 Å². The van der Waals surface area contributed by atoms with Gasteiger partial charge in [-0.2, -0.15) is 5.26 Å². The second-order valence-electron chi connectivity index (χ2n) is 6.32. The number of aromatic nitrogens is 1. The van der Waals surface area contributed by atoms with E-state index in [9.17, 15) is 4.79 Å². The molecule has 1 saturated heterocycles. The average Bonchev–Trinajstić information content (AvgIpc) is 3.29. The summed E-state index contributed by atoms with van der Waals surface area (Å²) in [6, 6.07) is 7.78. The maximum Gasteiger partial charge on any atom is 0.227 e. The topological polar surface area (TPSA) is 60.2 Å². The van der Waals surface area contributed by atoms with Gasteiger partial charge in [0.05, 0.1) is 17.6 Å². The number of thiophene rings is 1. The molecule has 2 aromatic heterocycles. The van der Waals surface area contributed by atoms with E-state index in [0.717, 1.165) is 38.3 Å². The van der Waals surface area contributed by atoms with Gasteiger partial charge in [-0.3, -0.25) is 4.79 Å². The lowest BCUT2D eigenvalue weighted by atomic mass is 10.0. The zero-order valence-electron chi connectivity index (χ0n) is 13.3. The Morgan fingerprint density at radius 2 is 2.29 bits per heavy atom. The third kappa shape index (κ3) is 2.76. The van der Waals surface area contributed by atoms with Gasteiger partial charge in [0.15, 0.2) is 0 Å². The maximum absolute atomic E-state index is 12.9. The Hall–Kier alpha value is -2.39. The normalized spacial score (nSPS) is 19.9. The first-order chi connectivity index (χ1) is 11.7. The monoisotopic (exact) mass is 338 g/mol. The average molecular weight is 338 g/mol. The predicted molar refractivity (Wildman–Crippen MR) is 92.7 cm³/mol. The quantitative estimate of drug-likeness (QED) is 0.844. The summed E-state index contributed by atoms with van der Waals surface area (Å²) < 4.78 is 0. The minimum absolute atomic E-state index is 0.0257. The lowest BCUT2D eigenvalue weighted by Gasteiger charge is -2.29. The van der Waals surface area contributed by atoms with E-state index in [4.69, 9.17) is 5.26 Å². The van der Waals surface area contributed by atoms with Crippen LogP contribution in [0.2, 0.25) is 0 Å². The standard InChI is InChI=1S/C18H18N4OS/c19-10-13-1-5-20-17(9-13)21-6-2-15(12-21)18(23)22-7-3-16-14(11-22)4-8-24-16/h1,4-5,8-9,15H,2-3,6-7,11-12H2. The number of fused-ring (bicyclic) bond motifs is 1. The van der Waals surface area contributed by atoms with Gasteiger partial charge in [0.1, 0.15) is 5.82 Å². The highest BCUT2D eigenvalue weighted by Gasteiger charge is 2.33. The molecule has 0 radical (unpaired) electrons. The molecule has 24 heavy (non-hydrogen) atoms. The van der Waals surface area contributed by atoms with Crippen molar-refractivity contribution in [3.8, 4) is 6.07 Å². The van der Waals surface area contributed by atoms with E-state index in [-0.39, 0.29) is 11.8 Å². The number of anilines is 1. The molecule has 1 unspecified atom stereocenters. The minimum atomic E-state index is 0.0257. The number of pyridine rings is 1. The van der Waals surface area contributed by atoms with Crippen molar-refractivity contribution in [2.45, 2.75) is 19.4 Å². The van der Waals surface area contributed by atoms with Gasteiger partial charge in [-0.25, -0.2) is 4.98 Å². The predicted octanol–water partition coefficient (Wildman–Crippen LogP) is 2.43. The molecule has 5 nitrogen and oxygen atoms in total. The van der Waals surface area contributed by atoms with Crippen LogP contribution >= 0.6 is 11.3 Å². The Balaban J connectivity index is 1.43. The van der Waals surface area contributed by atoms with E-state index in [1.54, 1.807) is 29.7 Å². The molecule has 1 fully saturated rings. The van der Waals surface area contributed by atoms with Crippen LogP contribution in [0.3, 0.4) is 0 Å². The minimum Gasteiger partial charge on any atom is -0.356 e. The van der Waals surface area contributed by atoms with Crippen LogP contribution in [0, 0.1) is 17.2 Å². The van der Waals surface area contributed by atoms with Crippen molar-refractivity contribution < 1.29 is 4.79 Å². The lowest BCUT2D eigenvalue weighted by molar-refractivity contribution is -0.135. The highest BCUT2D eigenvalue weighted by molar-refractivity contribution is 7.10. The van der Waals surface area contributed by atoms with Crippen LogP contribution in [-0.2, 0) is 17.8 Å². The van der Waals surface area contributed by atoms with Crippen LogP contribution in [-0.4, -0.2) is 35.4 Å². The van der Waals surface area contributed by atoms with Crippen molar-refractivity contribution in [1.82, 2.24) is 9.88 Å². The summed E-state index contributed by atoms with van der Waals surface area (Å²) in [5.74, 6) is 1.08. The molecule has 6 heteroatoms. The Bertz CT molecular complexity index is 809. The van der Waals surface area contributed by atoms with Crippen LogP contribution in [0.1, 0.15) is 22.4 Å². The fourth-order valence-electron chi connectivity index (χ4n) is 3.53. The molecule has 0 bridgehead atoms. The van der Waals surface area contributed by atoms with Crippen molar-refractivity contribution in [2.24, 2.45) is 5.92 Å². The highest BCUT2D eigenvalue weighted by Crippen LogP contribution is 2.28. The number of nitrogens with zero attached hydrogens (tertiary/aromatic N) is 4. The molecule has 2 aromatic rings. The van der Waals surface area contributed by atoms with Crippen molar-refractivity contribution in [1.29, 1.82) is 5.26 Å². The van der Waals surface area contributed by atoms with Crippen LogP contribution < -0.4 is 4.90 Å². The summed E-state index contributed by atoms with van der Waals surface area (Å²) in [6.45, 7) is 3.07. The van der Waals surface area contributed by atoms with E-state index >= 15 is 0 Å². The first kappa shape index (κ1) is 15.2. The summed E-state index contributed by atoms with van der Waals surface area (Å²) in [5, 5.41) is 11.1. The molecule has 0 spiro atoms. The fraction of sp³-hybridized carbons (Fsp3) is 0.389. The van der Waals surface area contributed by atoms with E-state index in [1.807, 2.05) is 4.90 Å². The van der Waals surface area contributed by atoms with Gasteiger partial charge in [-0.15, -0.1) is 11.3 Å². The number of carbonyl (C=O) groups is 1. The third-order valence-corrected chi connectivity index (χ3v) is 5.88. The Morgan fingerprint density at radius 3 is 3.17 bits per heavy atom. The first-order valence-electron chi connectivity index (χ1n) is 8.20. The number of hydrogen-bond acceptors (Lipinski definition) is 5. The number of carbonyl (C=O) groups excluding carboxylic acids is 1. The molecule has 2 aliphatic heterocycles. The number of amides is 1. The van der Waals surface area contributed by atoms with Crippen molar-refractivity contribution >= 4 is 23.1 Å². The Morgan fingerprint density at radius 1 is 1.38 bits per heavy atom. The maximum atomic E-state index is 12.9. The zero-order valence-corrected chi connectivity index (χ0v) is 14.1. The molecule has 122 valence electrons. The lowest BCUT2D eigenvalue weighted by Crippen LogP contribution is -2.40. The van der Waals surface area contributed by atoms with Crippen LogP contribution in [0.4, 0.5) is 5.82 Å². The van der Waals surface area contributed by atoms with Crippen molar-refractivity contribution in [3.05, 3.63) is 45.8 Å². The van der Waals surface area contributed by atoms with E-state index in [0.29, 0.717) is 12.1 Å². The number of rotatable bonds is 2. The van der Waals surface area contributed by atoms with Crippen molar-refractivity contribution in [2.75, 3.05) is 24.5 Å². The molecule has 2 aliphatic rings. The molecule has 0 aromatic carbocycles. The first-order valence-corrected chi connectivity index (χ1v) is 9.07. The number of hydrogen-bond donors (Lipinski definition) is 0. The molecule has 0 N–H and O–H groups in total. The highest BCUT2D eigenvalue weighted by atomic mass is 32.1. The summed E-state index contributed by atoms with van der Waals surface area (Å²) in [6.07, 6.45) is 3.48. The Labute approximate surface area is 145 Å². The SMILES string of the molecule is N#Cc1ccnc(N2CCC(C(=O)N3CCc4sccc4C3)C2)c1. The number of nitriles is 1. The van der Waals surface area contributed by atoms with Gasteiger partial charge >= 0.3 is 0 Å². The molecule has 0 saturated carbocycles. The van der Waals surface area contributed by atoms with E-state index < -0.39 is 0 Å². The van der Waals surface area contributed by atoms with Crippen molar-refractivity contribution in [3.63, 3.8) is 0 Å². The third-order valence-electron chi connectivity index (χ3n) is 4.86. The van der Waals surface area contributed by atoms with E-state index in [1.165, 1.54) is 10.4 Å². The molecule has 1 atom stereocenters. The zero-order chi connectivity index (χ0) is 16.5. The second kappa shape index (κ2) is 6.25. The van der Waals surface area contributed by atoms with Gasteiger partial charge in [0, 0.05) is 37.3 Å². The van der Waals surface area contributed by atoms with Gasteiger partial charge < -0.3 is 9.80 Å². The van der Waals surface area contributed by atoms with Crippen LogP contribution in [0.15, 0.2) is 29.8 Å². The van der Waals surface area contributed by atoms with Gasteiger partial charge in [0.25, 0.3) is 0 Å².